The molecule has 0 aromatic carbocycles. The van der Waals surface area contributed by atoms with Gasteiger partial charge in [0.15, 0.2) is 0 Å². The van der Waals surface area contributed by atoms with Gasteiger partial charge in [-0.2, -0.15) is 0 Å². The van der Waals surface area contributed by atoms with Crippen LogP contribution < -0.4 is 16.4 Å². The summed E-state index contributed by atoms with van der Waals surface area (Å²) in [5, 5.41) is 33.5. The lowest BCUT2D eigenvalue weighted by molar-refractivity contribution is -0.179. The Labute approximate surface area is 167 Å². The van der Waals surface area contributed by atoms with Crippen LogP contribution in [0.2, 0.25) is 0 Å². The van der Waals surface area contributed by atoms with Crippen molar-refractivity contribution in [2.24, 2.45) is 5.73 Å². The van der Waals surface area contributed by atoms with Crippen molar-refractivity contribution in [2.75, 3.05) is 6.67 Å². The summed E-state index contributed by atoms with van der Waals surface area (Å²) in [6, 6.07) is 0. The van der Waals surface area contributed by atoms with Gasteiger partial charge in [0.25, 0.3) is 0 Å². The van der Waals surface area contributed by atoms with E-state index in [2.05, 4.69) is 10.6 Å². The predicted molar refractivity (Wildman–Crippen MR) is 94.3 cm³/mol. The van der Waals surface area contributed by atoms with Crippen molar-refractivity contribution in [2.45, 2.75) is 58.8 Å². The van der Waals surface area contributed by atoms with Gasteiger partial charge in [-0.1, -0.05) is 0 Å². The van der Waals surface area contributed by atoms with Crippen molar-refractivity contribution in [3.8, 4) is 0 Å². The monoisotopic (exact) mass is 420 g/mol. The summed E-state index contributed by atoms with van der Waals surface area (Å²) in [5.74, 6) is -3.63. The molecule has 2 unspecified atom stereocenters. The maximum atomic E-state index is 11.9. The van der Waals surface area contributed by atoms with Gasteiger partial charge in [-0.25, -0.2) is 15.2 Å². The van der Waals surface area contributed by atoms with Crippen LogP contribution in [0, 0.1) is 0 Å². The number of amides is 5. The van der Waals surface area contributed by atoms with Crippen molar-refractivity contribution in [1.82, 2.24) is 25.8 Å². The van der Waals surface area contributed by atoms with Crippen LogP contribution in [0.15, 0.2) is 0 Å². The summed E-state index contributed by atoms with van der Waals surface area (Å²) in [6.45, 7) is 3.31. The molecule has 14 heteroatoms. The number of hydrogen-bond donors (Lipinski definition) is 6. The Morgan fingerprint density at radius 3 is 1.83 bits per heavy atom. The van der Waals surface area contributed by atoms with E-state index in [-0.39, 0.29) is 34.5 Å². The van der Waals surface area contributed by atoms with Crippen LogP contribution in [0.3, 0.4) is 0 Å². The van der Waals surface area contributed by atoms with Crippen LogP contribution in [-0.4, -0.2) is 79.3 Å². The van der Waals surface area contributed by atoms with Crippen molar-refractivity contribution in [3.05, 3.63) is 0 Å². The molecule has 0 saturated heterocycles. The fourth-order valence-corrected chi connectivity index (χ4v) is 1.84. The first kappa shape index (κ1) is 26.2. The fourth-order valence-electron chi connectivity index (χ4n) is 1.84. The average molecular weight is 420 g/mol. The second kappa shape index (κ2) is 12.6. The second-order valence-corrected chi connectivity index (χ2v) is 6.14. The topological polar surface area (TPSA) is 206 Å². The lowest BCUT2D eigenvalue weighted by Crippen LogP contribution is -2.48. The Balaban J connectivity index is 4.29. The number of hydrogen-bond acceptors (Lipinski definition) is 9. The SMILES string of the molecule is CC(=O)N(O)CNC(=O)CCC(=O)N(O)C(C)NC(=O)CCC(=O)N(O)C(C)N. The highest BCUT2D eigenvalue weighted by Gasteiger charge is 2.22. The van der Waals surface area contributed by atoms with E-state index in [1.807, 2.05) is 0 Å². The van der Waals surface area contributed by atoms with Crippen molar-refractivity contribution in [1.29, 1.82) is 0 Å². The Bertz CT molecular complexity index is 614. The number of rotatable bonds is 11. The molecule has 0 rings (SSSR count). The Hall–Kier alpha value is -2.81. The zero-order valence-corrected chi connectivity index (χ0v) is 16.5. The maximum absolute atomic E-state index is 11.9. The van der Waals surface area contributed by atoms with Crippen LogP contribution in [0.25, 0.3) is 0 Å². The van der Waals surface area contributed by atoms with Crippen molar-refractivity contribution >= 4 is 29.5 Å². The molecule has 0 saturated carbocycles. The van der Waals surface area contributed by atoms with Gasteiger partial charge < -0.3 is 16.4 Å². The lowest BCUT2D eigenvalue weighted by Gasteiger charge is -2.24. The first-order valence-electron chi connectivity index (χ1n) is 8.67. The molecule has 0 bridgehead atoms. The van der Waals surface area contributed by atoms with Crippen LogP contribution in [0.4, 0.5) is 0 Å². The van der Waals surface area contributed by atoms with Gasteiger partial charge >= 0.3 is 0 Å². The van der Waals surface area contributed by atoms with E-state index in [4.69, 9.17) is 10.9 Å². The lowest BCUT2D eigenvalue weighted by atomic mass is 10.2. The van der Waals surface area contributed by atoms with E-state index in [0.717, 1.165) is 6.92 Å². The van der Waals surface area contributed by atoms with Crippen molar-refractivity contribution < 1.29 is 39.6 Å². The number of carbonyl (C=O) groups is 5. The largest absolute Gasteiger partial charge is 0.336 e. The van der Waals surface area contributed by atoms with Gasteiger partial charge in [0.2, 0.25) is 29.5 Å². The molecule has 0 aromatic rings. The van der Waals surface area contributed by atoms with Crippen LogP contribution >= 0.6 is 0 Å². The molecule has 2 atom stereocenters. The van der Waals surface area contributed by atoms with E-state index < -0.39 is 55.0 Å². The van der Waals surface area contributed by atoms with Gasteiger partial charge in [-0.05, 0) is 13.8 Å². The third kappa shape index (κ3) is 10.3. The number of nitrogens with two attached hydrogens (primary N) is 1. The second-order valence-electron chi connectivity index (χ2n) is 6.14. The molecule has 0 heterocycles. The van der Waals surface area contributed by atoms with E-state index in [1.54, 1.807) is 0 Å². The molecule has 5 amide bonds. The molecule has 0 fully saturated rings. The maximum Gasteiger partial charge on any atom is 0.248 e. The molecule has 0 aromatic heterocycles. The zero-order valence-electron chi connectivity index (χ0n) is 16.5. The Kier molecular flexibility index (Phi) is 11.4. The summed E-state index contributed by atoms with van der Waals surface area (Å²) < 4.78 is 0. The summed E-state index contributed by atoms with van der Waals surface area (Å²) in [5.41, 5.74) is 5.31. The van der Waals surface area contributed by atoms with Gasteiger partial charge in [0.1, 0.15) is 19.0 Å². The molecule has 0 spiro atoms. The first-order chi connectivity index (χ1) is 13.4. The molecule has 0 aliphatic carbocycles. The average Bonchev–Trinajstić information content (AvgIpc) is 2.66. The van der Waals surface area contributed by atoms with Crippen LogP contribution in [0.5, 0.6) is 0 Å². The molecule has 14 nitrogen and oxygen atoms in total. The first-order valence-corrected chi connectivity index (χ1v) is 8.67. The minimum absolute atomic E-state index is 0.223. The molecule has 166 valence electrons. The van der Waals surface area contributed by atoms with E-state index in [9.17, 15) is 34.4 Å². The minimum atomic E-state index is -1.14. The van der Waals surface area contributed by atoms with Gasteiger partial charge in [-0.15, -0.1) is 0 Å². The number of hydroxylamine groups is 6. The number of carbonyl (C=O) groups excluding carboxylic acids is 5. The highest BCUT2D eigenvalue weighted by atomic mass is 16.5. The van der Waals surface area contributed by atoms with Gasteiger partial charge in [0.05, 0.1) is 0 Å². The van der Waals surface area contributed by atoms with Gasteiger partial charge in [0, 0.05) is 32.6 Å². The minimum Gasteiger partial charge on any atom is -0.336 e. The van der Waals surface area contributed by atoms with E-state index in [0.29, 0.717) is 0 Å². The van der Waals surface area contributed by atoms with Crippen LogP contribution in [0.1, 0.15) is 46.5 Å². The van der Waals surface area contributed by atoms with Crippen molar-refractivity contribution in [3.63, 3.8) is 0 Å². The Morgan fingerprint density at radius 2 is 1.34 bits per heavy atom. The molecular formula is C15H28N6O8. The third-order valence-electron chi connectivity index (χ3n) is 3.55. The quantitative estimate of drug-likeness (QED) is 0.125. The van der Waals surface area contributed by atoms with E-state index >= 15 is 0 Å². The Morgan fingerprint density at radius 1 is 0.862 bits per heavy atom. The molecule has 29 heavy (non-hydrogen) atoms. The zero-order chi connectivity index (χ0) is 22.7. The van der Waals surface area contributed by atoms with Gasteiger partial charge in [-0.3, -0.25) is 39.6 Å². The number of nitrogens with one attached hydrogen (secondary N) is 2. The third-order valence-corrected chi connectivity index (χ3v) is 3.55. The summed E-state index contributed by atoms with van der Waals surface area (Å²) in [7, 11) is 0. The summed E-state index contributed by atoms with van der Waals surface area (Å²) in [6.07, 6.45) is -3.46. The van der Waals surface area contributed by atoms with E-state index in [1.165, 1.54) is 13.8 Å². The summed E-state index contributed by atoms with van der Waals surface area (Å²) in [4.78, 5) is 57.5. The fraction of sp³-hybridized carbons (Fsp3) is 0.667. The molecule has 7 N–H and O–H groups in total. The normalized spacial score (nSPS) is 12.4. The molecular weight excluding hydrogens is 392 g/mol. The standard InChI is InChI=1S/C15H28N6O8/c1-9(16)20(28)14(25)7-5-13(24)18-10(2)21(29)15(26)6-4-12(23)17-8-19(27)11(3)22/h9-10,27-29H,4-8,16H2,1-3H3,(H,17,23)(H,18,24). The predicted octanol–water partition coefficient (Wildman–Crippen LogP) is -1.94. The molecule has 0 radical (unpaired) electrons. The highest BCUT2D eigenvalue weighted by Crippen LogP contribution is 2.02. The molecule has 0 aliphatic heterocycles. The van der Waals surface area contributed by atoms with Crippen LogP contribution in [-0.2, 0) is 24.0 Å². The highest BCUT2D eigenvalue weighted by molar-refractivity contribution is 5.85. The summed E-state index contributed by atoms with van der Waals surface area (Å²) >= 11 is 0. The smallest absolute Gasteiger partial charge is 0.248 e. The number of nitrogens with zero attached hydrogens (tertiary/aromatic N) is 3. The molecule has 0 aliphatic rings.